The summed E-state index contributed by atoms with van der Waals surface area (Å²) in [6.45, 7) is 1.51. The van der Waals surface area contributed by atoms with Crippen LogP contribution in [-0.4, -0.2) is 24.6 Å². The van der Waals surface area contributed by atoms with Crippen molar-refractivity contribution in [1.82, 2.24) is 0 Å². The lowest BCUT2D eigenvalue weighted by Crippen LogP contribution is -2.13. The van der Waals surface area contributed by atoms with E-state index in [4.69, 9.17) is 10.5 Å². The molecule has 108 valence electrons. The number of hydrogen-bond donors (Lipinski definition) is 1. The van der Waals surface area contributed by atoms with Crippen LogP contribution >= 0.6 is 11.8 Å². The molecule has 2 N–H and O–H groups in total. The van der Waals surface area contributed by atoms with Crippen molar-refractivity contribution in [3.8, 4) is 0 Å². The first-order valence-corrected chi connectivity index (χ1v) is 7.54. The van der Waals surface area contributed by atoms with Gasteiger partial charge in [-0.1, -0.05) is 0 Å². The van der Waals surface area contributed by atoms with Crippen molar-refractivity contribution < 1.29 is 14.3 Å². The van der Waals surface area contributed by atoms with Crippen molar-refractivity contribution >= 4 is 29.2 Å². The summed E-state index contributed by atoms with van der Waals surface area (Å²) in [5.74, 6) is 0.707. The molecule has 2 rings (SSSR count). The zero-order valence-electron chi connectivity index (χ0n) is 11.8. The van der Waals surface area contributed by atoms with Crippen LogP contribution in [0.2, 0.25) is 0 Å². The summed E-state index contributed by atoms with van der Waals surface area (Å²) in [6.07, 6.45) is 2.61. The highest BCUT2D eigenvalue weighted by Gasteiger charge is 2.44. The fraction of sp³-hybridized carbons (Fsp3) is 0.467. The van der Waals surface area contributed by atoms with Crippen molar-refractivity contribution in [3.05, 3.63) is 23.8 Å². The quantitative estimate of drug-likeness (QED) is 0.378. The molecule has 0 saturated heterocycles. The summed E-state index contributed by atoms with van der Waals surface area (Å²) >= 11 is 1.68. The van der Waals surface area contributed by atoms with E-state index in [0.717, 1.165) is 23.5 Å². The first kappa shape index (κ1) is 14.9. The molecule has 1 aromatic carbocycles. The lowest BCUT2D eigenvalue weighted by atomic mass is 10.1. The molecular weight excluding hydrogens is 274 g/mol. The summed E-state index contributed by atoms with van der Waals surface area (Å²) in [5, 5.41) is 0. The van der Waals surface area contributed by atoms with Crippen molar-refractivity contribution in [2.75, 3.05) is 18.6 Å². The average molecular weight is 293 g/mol. The Bertz CT molecular complexity index is 538. The van der Waals surface area contributed by atoms with Gasteiger partial charge in [0, 0.05) is 21.9 Å². The Kier molecular flexibility index (Phi) is 4.38. The van der Waals surface area contributed by atoms with Crippen LogP contribution in [0, 0.1) is 5.41 Å². The summed E-state index contributed by atoms with van der Waals surface area (Å²) in [7, 11) is 1.42. The van der Waals surface area contributed by atoms with Gasteiger partial charge in [-0.05, 0) is 43.4 Å². The number of benzene rings is 1. The van der Waals surface area contributed by atoms with Crippen LogP contribution in [0.5, 0.6) is 0 Å². The number of hydrogen-bond acceptors (Lipinski definition) is 5. The van der Waals surface area contributed by atoms with Crippen LogP contribution in [-0.2, 0) is 9.53 Å². The normalized spacial score (nSPS) is 15.7. The molecule has 5 heteroatoms. The summed E-state index contributed by atoms with van der Waals surface area (Å²) < 4.78 is 4.73. The lowest BCUT2D eigenvalue weighted by Gasteiger charge is -2.13. The Labute approximate surface area is 123 Å². The number of esters is 1. The fourth-order valence-corrected chi connectivity index (χ4v) is 3.35. The zero-order valence-corrected chi connectivity index (χ0v) is 12.6. The van der Waals surface area contributed by atoms with Gasteiger partial charge < -0.3 is 10.5 Å². The molecule has 0 aliphatic heterocycles. The van der Waals surface area contributed by atoms with Gasteiger partial charge in [-0.2, -0.15) is 0 Å². The SMILES string of the molecule is COC(=O)CC1(CSc2ccc(C(C)=O)c(N)c2)CC1. The minimum Gasteiger partial charge on any atom is -0.469 e. The van der Waals surface area contributed by atoms with Crippen LogP contribution < -0.4 is 5.73 Å². The van der Waals surface area contributed by atoms with Gasteiger partial charge in [-0.15, -0.1) is 11.8 Å². The Morgan fingerprint density at radius 2 is 2.10 bits per heavy atom. The number of carbonyl (C=O) groups excluding carboxylic acids is 2. The van der Waals surface area contributed by atoms with E-state index in [0.29, 0.717) is 17.7 Å². The summed E-state index contributed by atoms with van der Waals surface area (Å²) in [6, 6.07) is 5.50. The number of anilines is 1. The highest BCUT2D eigenvalue weighted by atomic mass is 32.2. The number of carbonyl (C=O) groups is 2. The van der Waals surface area contributed by atoms with E-state index in [1.165, 1.54) is 14.0 Å². The maximum atomic E-state index is 11.4. The van der Waals surface area contributed by atoms with Gasteiger partial charge in [0.1, 0.15) is 0 Å². The van der Waals surface area contributed by atoms with Crippen LogP contribution in [0.15, 0.2) is 23.1 Å². The van der Waals surface area contributed by atoms with E-state index in [1.807, 2.05) is 12.1 Å². The number of thioether (sulfide) groups is 1. The van der Waals surface area contributed by atoms with E-state index < -0.39 is 0 Å². The molecule has 0 aromatic heterocycles. The first-order valence-electron chi connectivity index (χ1n) is 6.56. The average Bonchev–Trinajstić information content (AvgIpc) is 3.16. The molecule has 1 fully saturated rings. The van der Waals surface area contributed by atoms with Crippen molar-refractivity contribution in [2.24, 2.45) is 5.41 Å². The maximum Gasteiger partial charge on any atom is 0.306 e. The number of ketones is 1. The molecule has 4 nitrogen and oxygen atoms in total. The predicted molar refractivity (Wildman–Crippen MR) is 79.9 cm³/mol. The largest absolute Gasteiger partial charge is 0.469 e. The molecule has 0 atom stereocenters. The third kappa shape index (κ3) is 3.54. The van der Waals surface area contributed by atoms with Crippen LogP contribution in [0.1, 0.15) is 36.5 Å². The second-order valence-corrected chi connectivity index (χ2v) is 6.40. The first-order chi connectivity index (χ1) is 9.46. The molecular formula is C15H19NO3S. The van der Waals surface area contributed by atoms with Gasteiger partial charge in [0.05, 0.1) is 13.5 Å². The highest BCUT2D eigenvalue weighted by Crippen LogP contribution is 2.52. The number of ether oxygens (including phenoxy) is 1. The van der Waals surface area contributed by atoms with E-state index in [9.17, 15) is 9.59 Å². The molecule has 20 heavy (non-hydrogen) atoms. The van der Waals surface area contributed by atoms with Crippen LogP contribution in [0.25, 0.3) is 0 Å². The molecule has 1 aliphatic rings. The second-order valence-electron chi connectivity index (χ2n) is 5.35. The number of rotatable bonds is 6. The smallest absolute Gasteiger partial charge is 0.306 e. The number of nitrogens with two attached hydrogens (primary N) is 1. The Hall–Kier alpha value is -1.49. The molecule has 0 heterocycles. The Morgan fingerprint density at radius 3 is 2.60 bits per heavy atom. The Morgan fingerprint density at radius 1 is 1.40 bits per heavy atom. The number of methoxy groups -OCH3 is 1. The molecule has 1 aromatic rings. The van der Waals surface area contributed by atoms with Gasteiger partial charge in [0.2, 0.25) is 0 Å². The predicted octanol–water partition coefficient (Wildman–Crippen LogP) is 2.91. The van der Waals surface area contributed by atoms with Gasteiger partial charge in [0.25, 0.3) is 0 Å². The third-order valence-corrected chi connectivity index (χ3v) is 5.00. The summed E-state index contributed by atoms with van der Waals surface area (Å²) in [4.78, 5) is 23.7. The van der Waals surface area contributed by atoms with Gasteiger partial charge >= 0.3 is 5.97 Å². The van der Waals surface area contributed by atoms with E-state index in [-0.39, 0.29) is 17.2 Å². The highest BCUT2D eigenvalue weighted by molar-refractivity contribution is 7.99. The number of Topliss-reactive ketones (excluding diaryl/α,β-unsaturated/α-hetero) is 1. The van der Waals surface area contributed by atoms with Crippen molar-refractivity contribution in [1.29, 1.82) is 0 Å². The van der Waals surface area contributed by atoms with Crippen molar-refractivity contribution in [3.63, 3.8) is 0 Å². The molecule has 1 aliphatic carbocycles. The molecule has 0 radical (unpaired) electrons. The third-order valence-electron chi connectivity index (χ3n) is 3.65. The summed E-state index contributed by atoms with van der Waals surface area (Å²) in [5.41, 5.74) is 7.03. The topological polar surface area (TPSA) is 69.4 Å². The lowest BCUT2D eigenvalue weighted by molar-refractivity contribution is -0.141. The van der Waals surface area contributed by atoms with E-state index in [2.05, 4.69) is 0 Å². The molecule has 0 amide bonds. The second kappa shape index (κ2) is 5.87. The molecule has 0 spiro atoms. The van der Waals surface area contributed by atoms with Crippen LogP contribution in [0.3, 0.4) is 0 Å². The minimum absolute atomic E-state index is 0.0246. The molecule has 1 saturated carbocycles. The molecule has 0 unspecified atom stereocenters. The zero-order chi connectivity index (χ0) is 14.8. The van der Waals surface area contributed by atoms with Crippen molar-refractivity contribution in [2.45, 2.75) is 31.1 Å². The van der Waals surface area contributed by atoms with Gasteiger partial charge in [0.15, 0.2) is 5.78 Å². The fourth-order valence-electron chi connectivity index (χ4n) is 2.11. The van der Waals surface area contributed by atoms with E-state index in [1.54, 1.807) is 17.8 Å². The molecule has 0 bridgehead atoms. The maximum absolute atomic E-state index is 11.4. The van der Waals surface area contributed by atoms with Gasteiger partial charge in [-0.3, -0.25) is 9.59 Å². The monoisotopic (exact) mass is 293 g/mol. The minimum atomic E-state index is -0.144. The number of nitrogen functional groups attached to an aromatic ring is 1. The van der Waals surface area contributed by atoms with Crippen LogP contribution in [0.4, 0.5) is 5.69 Å². The van der Waals surface area contributed by atoms with Gasteiger partial charge in [-0.25, -0.2) is 0 Å². The standard InChI is InChI=1S/C15H19NO3S/c1-10(17)12-4-3-11(7-13(12)16)20-9-15(5-6-15)8-14(18)19-2/h3-4,7H,5-6,8-9,16H2,1-2H3. The Balaban J connectivity index is 1.96. The van der Waals surface area contributed by atoms with E-state index >= 15 is 0 Å².